The molecule has 0 aliphatic carbocycles. The van der Waals surface area contributed by atoms with Crippen molar-refractivity contribution in [1.82, 2.24) is 9.55 Å². The van der Waals surface area contributed by atoms with Gasteiger partial charge in [0.25, 0.3) is 5.56 Å². The van der Waals surface area contributed by atoms with Crippen molar-refractivity contribution in [2.45, 2.75) is 20.0 Å². The van der Waals surface area contributed by atoms with Gasteiger partial charge in [0.05, 0.1) is 22.8 Å². The lowest BCUT2D eigenvalue weighted by Gasteiger charge is -2.13. The number of amides is 1. The fraction of sp³-hybridized carbons (Fsp3) is 0.143. The maximum Gasteiger partial charge on any atom is 0.471 e. The number of rotatable bonds is 4. The molecule has 3 rings (SSSR count). The number of para-hydroxylation sites is 2. The van der Waals surface area contributed by atoms with E-state index in [4.69, 9.17) is 0 Å². The first-order valence-electron chi connectivity index (χ1n) is 9.17. The molecular formula is C21H17F3N4O4. The zero-order valence-electron chi connectivity index (χ0n) is 16.8. The Balaban J connectivity index is 2.11. The number of hydrogen-bond donors (Lipinski definition) is 3. The highest BCUT2D eigenvalue weighted by atomic mass is 19.4. The van der Waals surface area contributed by atoms with Gasteiger partial charge in [-0.2, -0.15) is 13.2 Å². The van der Waals surface area contributed by atoms with Crippen molar-refractivity contribution in [1.29, 1.82) is 0 Å². The van der Waals surface area contributed by atoms with E-state index in [-0.39, 0.29) is 28.3 Å². The Morgan fingerprint density at radius 1 is 1.09 bits per heavy atom. The van der Waals surface area contributed by atoms with Gasteiger partial charge in [-0.05, 0) is 38.1 Å². The van der Waals surface area contributed by atoms with Crippen molar-refractivity contribution in [3.8, 4) is 11.6 Å². The van der Waals surface area contributed by atoms with Crippen LogP contribution in [0, 0.1) is 6.92 Å². The fourth-order valence-electron chi connectivity index (χ4n) is 2.89. The molecule has 1 heterocycles. The second kappa shape index (κ2) is 8.53. The predicted octanol–water partition coefficient (Wildman–Crippen LogP) is 3.18. The second-order valence-corrected chi connectivity index (χ2v) is 6.80. The van der Waals surface area contributed by atoms with Gasteiger partial charge in [0, 0.05) is 0 Å². The number of halogens is 3. The summed E-state index contributed by atoms with van der Waals surface area (Å²) in [7, 11) is 0. The van der Waals surface area contributed by atoms with Crippen LogP contribution in [0.5, 0.6) is 5.88 Å². The van der Waals surface area contributed by atoms with Gasteiger partial charge in [0.15, 0.2) is 0 Å². The van der Waals surface area contributed by atoms with Crippen molar-refractivity contribution >= 4 is 23.0 Å². The van der Waals surface area contributed by atoms with E-state index in [0.29, 0.717) is 0 Å². The van der Waals surface area contributed by atoms with Gasteiger partial charge in [-0.3, -0.25) is 19.6 Å². The first-order chi connectivity index (χ1) is 15.0. The van der Waals surface area contributed by atoms with E-state index < -0.39 is 29.2 Å². The number of carbonyl (C=O) groups is 1. The number of alkyl halides is 3. The van der Waals surface area contributed by atoms with Crippen LogP contribution in [0.25, 0.3) is 5.69 Å². The maximum absolute atomic E-state index is 12.6. The summed E-state index contributed by atoms with van der Waals surface area (Å²) in [5.74, 6) is -2.88. The summed E-state index contributed by atoms with van der Waals surface area (Å²) in [6.07, 6.45) is -5.11. The number of aryl methyl sites for hydroxylation is 1. The fourth-order valence-corrected chi connectivity index (χ4v) is 2.89. The lowest BCUT2D eigenvalue weighted by molar-refractivity contribution is -0.167. The highest BCUT2D eigenvalue weighted by Gasteiger charge is 2.39. The van der Waals surface area contributed by atoms with E-state index in [1.54, 1.807) is 29.6 Å². The number of hydrogen-bond acceptors (Lipinski definition) is 5. The summed E-state index contributed by atoms with van der Waals surface area (Å²) in [6.45, 7) is 3.16. The van der Waals surface area contributed by atoms with Gasteiger partial charge >= 0.3 is 17.8 Å². The molecule has 0 radical (unpaired) electrons. The molecule has 0 aliphatic rings. The van der Waals surface area contributed by atoms with Crippen LogP contribution in [-0.2, 0) is 4.79 Å². The molecule has 3 aromatic rings. The average molecular weight is 446 g/mol. The van der Waals surface area contributed by atoms with Crippen LogP contribution in [0.4, 0.5) is 24.5 Å². The van der Waals surface area contributed by atoms with Gasteiger partial charge in [0.2, 0.25) is 5.88 Å². The largest absolute Gasteiger partial charge is 0.493 e. The molecule has 0 bridgehead atoms. The highest BCUT2D eigenvalue weighted by molar-refractivity contribution is 6.03. The van der Waals surface area contributed by atoms with Crippen LogP contribution in [0.1, 0.15) is 18.1 Å². The normalized spacial score (nSPS) is 12.0. The van der Waals surface area contributed by atoms with Crippen molar-refractivity contribution < 1.29 is 23.1 Å². The second-order valence-electron chi connectivity index (χ2n) is 6.80. The topological polar surface area (TPSA) is 117 Å². The standard InChI is InChI=1S/C21H17F3N4O4/c1-11-7-9-13(10-8-11)28-18(30)16(17(29)27-20(28)32)12(2)25-14-5-3-4-6-15(14)26-19(31)21(22,23)24/h3-10,30H,1-2H3,(H,26,31)(H,27,29,32). The van der Waals surface area contributed by atoms with E-state index in [1.165, 1.54) is 31.2 Å². The van der Waals surface area contributed by atoms with Crippen LogP contribution in [0.3, 0.4) is 0 Å². The number of H-pyrrole nitrogens is 1. The summed E-state index contributed by atoms with van der Waals surface area (Å²) < 4.78 is 38.7. The molecule has 0 spiro atoms. The number of benzene rings is 2. The predicted molar refractivity (Wildman–Crippen MR) is 112 cm³/mol. The first-order valence-corrected chi connectivity index (χ1v) is 9.17. The minimum absolute atomic E-state index is 0.0884. The summed E-state index contributed by atoms with van der Waals surface area (Å²) in [4.78, 5) is 42.2. The van der Waals surface area contributed by atoms with Gasteiger partial charge < -0.3 is 10.4 Å². The van der Waals surface area contributed by atoms with E-state index in [0.717, 1.165) is 10.1 Å². The molecule has 0 saturated carbocycles. The van der Waals surface area contributed by atoms with Crippen LogP contribution in [0.2, 0.25) is 0 Å². The van der Waals surface area contributed by atoms with E-state index in [9.17, 15) is 32.7 Å². The number of aromatic hydroxyl groups is 1. The number of aliphatic imine (C=N–C) groups is 1. The van der Waals surface area contributed by atoms with Gasteiger partial charge in [-0.1, -0.05) is 29.8 Å². The molecule has 0 fully saturated rings. The van der Waals surface area contributed by atoms with E-state index in [1.807, 2.05) is 6.92 Å². The molecule has 8 nitrogen and oxygen atoms in total. The molecule has 166 valence electrons. The Hall–Kier alpha value is -4.15. The third-order valence-electron chi connectivity index (χ3n) is 4.44. The summed E-state index contributed by atoms with van der Waals surface area (Å²) in [5.41, 5.74) is -1.44. The third-order valence-corrected chi connectivity index (χ3v) is 4.44. The number of carbonyl (C=O) groups excluding carboxylic acids is 1. The number of nitrogens with zero attached hydrogens (tertiary/aromatic N) is 2. The molecule has 1 amide bonds. The number of aromatic amines is 1. The van der Waals surface area contributed by atoms with Crippen molar-refractivity contribution in [3.63, 3.8) is 0 Å². The van der Waals surface area contributed by atoms with Crippen molar-refractivity contribution in [3.05, 3.63) is 80.5 Å². The van der Waals surface area contributed by atoms with Gasteiger partial charge in [-0.25, -0.2) is 9.36 Å². The van der Waals surface area contributed by atoms with Crippen LogP contribution in [-0.4, -0.2) is 32.5 Å². The Morgan fingerprint density at radius 3 is 2.34 bits per heavy atom. The summed E-state index contributed by atoms with van der Waals surface area (Å²) in [6, 6.07) is 11.9. The monoisotopic (exact) mass is 446 g/mol. The van der Waals surface area contributed by atoms with E-state index in [2.05, 4.69) is 9.98 Å². The molecular weight excluding hydrogens is 429 g/mol. The maximum atomic E-state index is 12.6. The lowest BCUT2D eigenvalue weighted by Crippen LogP contribution is -2.32. The van der Waals surface area contributed by atoms with E-state index >= 15 is 0 Å². The number of aromatic nitrogens is 2. The number of nitrogens with one attached hydrogen (secondary N) is 2. The molecule has 2 aromatic carbocycles. The minimum Gasteiger partial charge on any atom is -0.493 e. The average Bonchev–Trinajstić information content (AvgIpc) is 2.69. The lowest BCUT2D eigenvalue weighted by atomic mass is 10.2. The molecule has 0 aliphatic heterocycles. The number of anilines is 1. The van der Waals surface area contributed by atoms with Crippen LogP contribution < -0.4 is 16.6 Å². The smallest absolute Gasteiger partial charge is 0.471 e. The zero-order valence-corrected chi connectivity index (χ0v) is 16.8. The molecule has 32 heavy (non-hydrogen) atoms. The third kappa shape index (κ3) is 4.61. The zero-order chi connectivity index (χ0) is 23.6. The SMILES string of the molecule is CC(=Nc1ccccc1NC(=O)C(F)(F)F)c1c(O)n(-c2ccc(C)cc2)c(=O)[nH]c1=O. The highest BCUT2D eigenvalue weighted by Crippen LogP contribution is 2.28. The van der Waals surface area contributed by atoms with Crippen LogP contribution in [0.15, 0.2) is 63.1 Å². The Morgan fingerprint density at radius 2 is 1.72 bits per heavy atom. The molecule has 11 heteroatoms. The Labute approximate surface area is 178 Å². The van der Waals surface area contributed by atoms with Crippen LogP contribution >= 0.6 is 0 Å². The van der Waals surface area contributed by atoms with Gasteiger partial charge in [0.1, 0.15) is 5.56 Å². The van der Waals surface area contributed by atoms with Crippen molar-refractivity contribution in [2.75, 3.05) is 5.32 Å². The molecule has 0 unspecified atom stereocenters. The molecule has 0 atom stereocenters. The Kier molecular flexibility index (Phi) is 6.01. The quantitative estimate of drug-likeness (QED) is 0.534. The minimum atomic E-state index is -5.11. The summed E-state index contributed by atoms with van der Waals surface area (Å²) in [5, 5.41) is 12.4. The molecule has 3 N–H and O–H groups in total. The summed E-state index contributed by atoms with van der Waals surface area (Å²) >= 11 is 0. The first kappa shape index (κ1) is 22.5. The van der Waals surface area contributed by atoms with Crippen molar-refractivity contribution in [2.24, 2.45) is 4.99 Å². The molecule has 0 saturated heterocycles. The van der Waals surface area contributed by atoms with Gasteiger partial charge in [-0.15, -0.1) is 0 Å². The Bertz CT molecular complexity index is 1320. The molecule has 1 aromatic heterocycles.